The van der Waals surface area contributed by atoms with Gasteiger partial charge in [-0.15, -0.1) is 0 Å². The maximum Gasteiger partial charge on any atom is 0.191 e. The molecule has 0 amide bonds. The lowest BCUT2D eigenvalue weighted by Crippen LogP contribution is -2.22. The minimum absolute atomic E-state index is 0.179. The zero-order chi connectivity index (χ0) is 16.9. The van der Waals surface area contributed by atoms with E-state index in [4.69, 9.17) is 33.2 Å². The van der Waals surface area contributed by atoms with Crippen LogP contribution in [0.2, 0.25) is 0 Å². The van der Waals surface area contributed by atoms with Crippen LogP contribution >= 0.6 is 0 Å². The fourth-order valence-corrected chi connectivity index (χ4v) is 1.74. The van der Waals surface area contributed by atoms with Gasteiger partial charge < -0.3 is 33.2 Å². The van der Waals surface area contributed by atoms with Crippen molar-refractivity contribution >= 4 is 0 Å². The van der Waals surface area contributed by atoms with Crippen LogP contribution in [0, 0.1) is 0 Å². The van der Waals surface area contributed by atoms with E-state index >= 15 is 0 Å². The van der Waals surface area contributed by atoms with E-state index in [9.17, 15) is 0 Å². The molecule has 23 heavy (non-hydrogen) atoms. The van der Waals surface area contributed by atoms with Gasteiger partial charge >= 0.3 is 0 Å². The maximum atomic E-state index is 5.73. The summed E-state index contributed by atoms with van der Waals surface area (Å²) >= 11 is 0. The number of ether oxygens (including phenoxy) is 7. The van der Waals surface area contributed by atoms with Crippen molar-refractivity contribution in [1.29, 1.82) is 0 Å². The lowest BCUT2D eigenvalue weighted by Gasteiger charge is -2.17. The fourth-order valence-electron chi connectivity index (χ4n) is 1.74. The molecule has 0 aliphatic heterocycles. The van der Waals surface area contributed by atoms with Crippen molar-refractivity contribution in [3.05, 3.63) is 23.8 Å². The third-order valence-electron chi connectivity index (χ3n) is 3.02. The normalized spacial score (nSPS) is 11.0. The first-order valence-electron chi connectivity index (χ1n) is 7.24. The third-order valence-corrected chi connectivity index (χ3v) is 3.02. The molecular weight excluding hydrogens is 304 g/mol. The first-order valence-corrected chi connectivity index (χ1v) is 7.24. The van der Waals surface area contributed by atoms with Crippen LogP contribution in [0.5, 0.6) is 11.5 Å². The van der Waals surface area contributed by atoms with E-state index in [1.807, 2.05) is 18.2 Å². The average Bonchev–Trinajstić information content (AvgIpc) is 2.59. The average molecular weight is 330 g/mol. The zero-order valence-corrected chi connectivity index (χ0v) is 14.2. The molecule has 0 heterocycles. The van der Waals surface area contributed by atoms with Crippen molar-refractivity contribution in [2.45, 2.75) is 12.9 Å². The van der Waals surface area contributed by atoms with Crippen LogP contribution in [0.25, 0.3) is 0 Å². The van der Waals surface area contributed by atoms with Crippen LogP contribution in [-0.2, 0) is 30.3 Å². The second-order valence-electron chi connectivity index (χ2n) is 4.55. The van der Waals surface area contributed by atoms with E-state index in [-0.39, 0.29) is 13.4 Å². The van der Waals surface area contributed by atoms with Crippen molar-refractivity contribution in [2.24, 2.45) is 0 Å². The number of hydrogen-bond acceptors (Lipinski definition) is 7. The Morgan fingerprint density at radius 3 is 2.39 bits per heavy atom. The Morgan fingerprint density at radius 1 is 0.957 bits per heavy atom. The monoisotopic (exact) mass is 330 g/mol. The van der Waals surface area contributed by atoms with Crippen LogP contribution in [-0.4, -0.2) is 61.3 Å². The van der Waals surface area contributed by atoms with Gasteiger partial charge in [-0.2, -0.15) is 0 Å². The van der Waals surface area contributed by atoms with Crippen molar-refractivity contribution in [3.63, 3.8) is 0 Å². The minimum Gasteiger partial charge on any atom is -0.497 e. The second-order valence-corrected chi connectivity index (χ2v) is 4.55. The highest BCUT2D eigenvalue weighted by Crippen LogP contribution is 2.25. The van der Waals surface area contributed by atoms with E-state index in [2.05, 4.69) is 0 Å². The lowest BCUT2D eigenvalue weighted by molar-refractivity contribution is -0.122. The Balaban J connectivity index is 2.55. The van der Waals surface area contributed by atoms with Gasteiger partial charge in [-0.25, -0.2) is 0 Å². The molecule has 1 aromatic carbocycles. The lowest BCUT2D eigenvalue weighted by atomic mass is 10.2. The molecule has 0 spiro atoms. The number of rotatable bonds is 13. The summed E-state index contributed by atoms with van der Waals surface area (Å²) in [5, 5.41) is 0. The maximum absolute atomic E-state index is 5.73. The Kier molecular flexibility index (Phi) is 10.3. The first kappa shape index (κ1) is 19.7. The van der Waals surface area contributed by atoms with Gasteiger partial charge in [0.25, 0.3) is 0 Å². The molecule has 0 saturated heterocycles. The van der Waals surface area contributed by atoms with E-state index in [0.717, 1.165) is 11.3 Å². The molecule has 7 nitrogen and oxygen atoms in total. The molecule has 1 aromatic rings. The number of benzene rings is 1. The van der Waals surface area contributed by atoms with E-state index < -0.39 is 6.29 Å². The molecule has 0 aromatic heterocycles. The van der Waals surface area contributed by atoms with Crippen LogP contribution < -0.4 is 9.47 Å². The topological polar surface area (TPSA) is 64.6 Å². The van der Waals surface area contributed by atoms with E-state index in [1.54, 1.807) is 28.4 Å². The van der Waals surface area contributed by atoms with Crippen molar-refractivity contribution < 1.29 is 33.2 Å². The van der Waals surface area contributed by atoms with Gasteiger partial charge in [0.1, 0.15) is 24.9 Å². The summed E-state index contributed by atoms with van der Waals surface area (Å²) in [4.78, 5) is 0. The van der Waals surface area contributed by atoms with Crippen LogP contribution in [0.1, 0.15) is 5.56 Å². The van der Waals surface area contributed by atoms with E-state index in [0.29, 0.717) is 25.6 Å². The smallest absolute Gasteiger partial charge is 0.191 e. The summed E-state index contributed by atoms with van der Waals surface area (Å²) in [5.74, 6) is 1.41. The molecule has 7 heteroatoms. The summed E-state index contributed by atoms with van der Waals surface area (Å²) in [6.07, 6.45) is -0.428. The molecule has 0 radical (unpaired) electrons. The molecule has 0 bridgehead atoms. The highest BCUT2D eigenvalue weighted by atomic mass is 16.7. The number of hydrogen-bond donors (Lipinski definition) is 0. The van der Waals surface area contributed by atoms with Gasteiger partial charge in [0.15, 0.2) is 6.29 Å². The predicted molar refractivity (Wildman–Crippen MR) is 83.8 cm³/mol. The highest BCUT2D eigenvalue weighted by molar-refractivity contribution is 5.40. The molecule has 1 rings (SSSR count). The van der Waals surface area contributed by atoms with Gasteiger partial charge in [-0.1, -0.05) is 0 Å². The third kappa shape index (κ3) is 7.62. The van der Waals surface area contributed by atoms with Crippen LogP contribution in [0.15, 0.2) is 18.2 Å². The Labute approximate surface area is 137 Å². The molecule has 0 aliphatic carbocycles. The van der Waals surface area contributed by atoms with Gasteiger partial charge in [-0.05, 0) is 18.2 Å². The molecule has 0 saturated carbocycles. The Morgan fingerprint density at radius 2 is 1.74 bits per heavy atom. The SMILES string of the molecule is COCCOCOCc1cc(OC)ccc1OCC(OC)OC. The summed E-state index contributed by atoms with van der Waals surface area (Å²) in [5.41, 5.74) is 0.852. The molecule has 0 unspecified atom stereocenters. The molecule has 0 atom stereocenters. The molecule has 132 valence electrons. The second kappa shape index (κ2) is 12.1. The zero-order valence-electron chi connectivity index (χ0n) is 14.2. The van der Waals surface area contributed by atoms with Crippen molar-refractivity contribution in [1.82, 2.24) is 0 Å². The summed E-state index contributed by atoms with van der Waals surface area (Å²) in [6.45, 7) is 1.81. The van der Waals surface area contributed by atoms with Crippen LogP contribution in [0.3, 0.4) is 0 Å². The van der Waals surface area contributed by atoms with Crippen LogP contribution in [0.4, 0.5) is 0 Å². The van der Waals surface area contributed by atoms with Gasteiger partial charge in [0.05, 0.1) is 26.9 Å². The van der Waals surface area contributed by atoms with Gasteiger partial charge in [-0.3, -0.25) is 0 Å². The quantitative estimate of drug-likeness (QED) is 0.404. The molecular formula is C16H26O7. The predicted octanol–water partition coefficient (Wildman–Crippen LogP) is 1.83. The summed E-state index contributed by atoms with van der Waals surface area (Å²) in [6, 6.07) is 5.51. The first-order chi connectivity index (χ1) is 11.2. The molecule has 0 aliphatic rings. The van der Waals surface area contributed by atoms with Crippen molar-refractivity contribution in [3.8, 4) is 11.5 Å². The largest absolute Gasteiger partial charge is 0.497 e. The standard InChI is InChI=1S/C16H26O7/c1-17-7-8-21-12-22-10-13-9-14(18-2)5-6-15(13)23-11-16(19-3)20-4/h5-6,9,16H,7-8,10-12H2,1-4H3. The molecule has 0 fully saturated rings. The number of methoxy groups -OCH3 is 4. The summed E-state index contributed by atoms with van der Waals surface area (Å²) < 4.78 is 36.8. The van der Waals surface area contributed by atoms with Gasteiger partial charge in [0.2, 0.25) is 0 Å². The van der Waals surface area contributed by atoms with Crippen molar-refractivity contribution in [2.75, 3.05) is 55.1 Å². The van der Waals surface area contributed by atoms with E-state index in [1.165, 1.54) is 0 Å². The fraction of sp³-hybridized carbons (Fsp3) is 0.625. The molecule has 0 N–H and O–H groups in total. The summed E-state index contributed by atoms with van der Waals surface area (Å²) in [7, 11) is 6.36. The minimum atomic E-state index is -0.428. The Hall–Kier alpha value is -1.38. The Bertz CT molecular complexity index is 421. The highest BCUT2D eigenvalue weighted by Gasteiger charge is 2.10. The van der Waals surface area contributed by atoms with Gasteiger partial charge in [0, 0.05) is 26.9 Å².